The Balaban J connectivity index is 2.12. The van der Waals surface area contributed by atoms with Crippen LogP contribution < -0.4 is 5.32 Å². The van der Waals surface area contributed by atoms with E-state index in [-0.39, 0.29) is 28.7 Å². The second-order valence-electron chi connectivity index (χ2n) is 8.74. The zero-order valence-electron chi connectivity index (χ0n) is 17.8. The number of imidazole rings is 1. The lowest BCUT2D eigenvalue weighted by Crippen LogP contribution is -2.20. The summed E-state index contributed by atoms with van der Waals surface area (Å²) in [6, 6.07) is 9.11. The molecule has 0 atom stereocenters. The Kier molecular flexibility index (Phi) is 5.87. The molecule has 0 aliphatic heterocycles. The first-order chi connectivity index (χ1) is 14.0. The van der Waals surface area contributed by atoms with Crippen LogP contribution in [-0.2, 0) is 0 Å². The van der Waals surface area contributed by atoms with Gasteiger partial charge in [0.15, 0.2) is 0 Å². The van der Waals surface area contributed by atoms with Crippen LogP contribution in [0.5, 0.6) is 0 Å². The highest BCUT2D eigenvalue weighted by Crippen LogP contribution is 2.34. The van der Waals surface area contributed by atoms with E-state index < -0.39 is 4.92 Å². The largest absolute Gasteiger partial charge is 0.364 e. The Morgan fingerprint density at radius 3 is 2.37 bits per heavy atom. The van der Waals surface area contributed by atoms with Crippen molar-refractivity contribution < 1.29 is 9.31 Å². The normalized spacial score (nSPS) is 11.7. The third kappa shape index (κ3) is 4.82. The summed E-state index contributed by atoms with van der Waals surface area (Å²) in [5.74, 6) is 0.767. The number of nitrogens with zero attached hydrogens (tertiary/aromatic N) is 3. The van der Waals surface area contributed by atoms with Crippen LogP contribution in [0.3, 0.4) is 0 Å². The van der Waals surface area contributed by atoms with Crippen molar-refractivity contribution in [3.8, 4) is 22.6 Å². The number of hydrogen-bond acceptors (Lipinski definition) is 5. The van der Waals surface area contributed by atoms with E-state index in [1.54, 1.807) is 18.2 Å². The summed E-state index contributed by atoms with van der Waals surface area (Å²) in [4.78, 5) is 23.6. The van der Waals surface area contributed by atoms with Crippen molar-refractivity contribution in [1.29, 1.82) is 0 Å². The molecule has 2 aromatic heterocycles. The highest BCUT2D eigenvalue weighted by Gasteiger charge is 2.22. The topological polar surface area (TPSA) is 96.7 Å². The van der Waals surface area contributed by atoms with Crippen molar-refractivity contribution in [2.75, 3.05) is 11.9 Å². The van der Waals surface area contributed by atoms with Crippen LogP contribution in [0.15, 0.2) is 36.4 Å². The molecular formula is C22H26FN5O2. The first-order valence-corrected chi connectivity index (χ1v) is 9.80. The molecule has 0 unspecified atom stereocenters. The fourth-order valence-corrected chi connectivity index (χ4v) is 2.88. The number of aromatic nitrogens is 3. The van der Waals surface area contributed by atoms with Crippen molar-refractivity contribution in [2.45, 2.75) is 40.5 Å². The number of nitro groups is 1. The number of pyridine rings is 1. The number of aromatic amines is 1. The molecule has 2 heterocycles. The zero-order chi connectivity index (χ0) is 22.1. The lowest BCUT2D eigenvalue weighted by molar-refractivity contribution is -0.384. The molecule has 3 aromatic rings. The molecule has 0 aliphatic rings. The maximum absolute atomic E-state index is 13.4. The van der Waals surface area contributed by atoms with Crippen LogP contribution in [0, 0.1) is 21.3 Å². The molecule has 0 bridgehead atoms. The summed E-state index contributed by atoms with van der Waals surface area (Å²) < 4.78 is 13.4. The van der Waals surface area contributed by atoms with Crippen LogP contribution in [-0.4, -0.2) is 26.4 Å². The minimum atomic E-state index is -0.449. The molecule has 0 spiro atoms. The van der Waals surface area contributed by atoms with Gasteiger partial charge in [-0.15, -0.1) is 0 Å². The second kappa shape index (κ2) is 8.22. The summed E-state index contributed by atoms with van der Waals surface area (Å²) in [7, 11) is 0. The Bertz CT molecular complexity index is 1050. The van der Waals surface area contributed by atoms with Crippen molar-refractivity contribution in [1.82, 2.24) is 15.0 Å². The Morgan fingerprint density at radius 1 is 1.13 bits per heavy atom. The van der Waals surface area contributed by atoms with Crippen LogP contribution in [0.2, 0.25) is 0 Å². The minimum absolute atomic E-state index is 0.0797. The van der Waals surface area contributed by atoms with Gasteiger partial charge in [0.25, 0.3) is 0 Å². The van der Waals surface area contributed by atoms with Crippen LogP contribution in [0.4, 0.5) is 15.9 Å². The van der Waals surface area contributed by atoms with Crippen molar-refractivity contribution in [2.24, 2.45) is 5.41 Å². The van der Waals surface area contributed by atoms with E-state index in [9.17, 15) is 14.5 Å². The first kappa shape index (κ1) is 21.4. The van der Waals surface area contributed by atoms with Crippen LogP contribution in [0.25, 0.3) is 22.6 Å². The molecule has 0 saturated heterocycles. The number of rotatable bonds is 6. The number of halogens is 1. The molecule has 158 valence electrons. The van der Waals surface area contributed by atoms with Gasteiger partial charge in [-0.1, -0.05) is 34.6 Å². The summed E-state index contributed by atoms with van der Waals surface area (Å²) in [5, 5.41) is 14.6. The first-order valence-electron chi connectivity index (χ1n) is 9.80. The standard InChI is InChI=1S/C22H26FN5O2/c1-13(2)20-26-18(14-6-8-15(23)9-7-14)19(27-20)16-10-11-17(28(29)30)21(25-16)24-12-22(3,4)5/h6-11,13H,12H2,1-5H3,(H,24,25)(H,26,27). The molecule has 2 N–H and O–H groups in total. The maximum atomic E-state index is 13.4. The quantitative estimate of drug-likeness (QED) is 0.397. The lowest BCUT2D eigenvalue weighted by Gasteiger charge is -2.19. The van der Waals surface area contributed by atoms with E-state index in [0.29, 0.717) is 23.6 Å². The highest BCUT2D eigenvalue weighted by atomic mass is 19.1. The predicted octanol–water partition coefficient (Wildman–Crippen LogP) is 5.77. The molecule has 1 aromatic carbocycles. The molecule has 0 radical (unpaired) electrons. The van der Waals surface area contributed by atoms with Gasteiger partial charge in [0.2, 0.25) is 5.82 Å². The molecular weight excluding hydrogens is 385 g/mol. The van der Waals surface area contributed by atoms with Crippen LogP contribution in [0.1, 0.15) is 46.4 Å². The van der Waals surface area contributed by atoms with Gasteiger partial charge in [0.1, 0.15) is 11.6 Å². The van der Waals surface area contributed by atoms with Crippen molar-refractivity contribution in [3.05, 3.63) is 58.2 Å². The molecule has 8 heteroatoms. The number of hydrogen-bond donors (Lipinski definition) is 2. The highest BCUT2D eigenvalue weighted by molar-refractivity contribution is 5.78. The minimum Gasteiger partial charge on any atom is -0.364 e. The van der Waals surface area contributed by atoms with Crippen molar-refractivity contribution in [3.63, 3.8) is 0 Å². The Morgan fingerprint density at radius 2 is 1.80 bits per heavy atom. The Hall–Kier alpha value is -3.29. The maximum Gasteiger partial charge on any atom is 0.311 e. The number of anilines is 1. The summed E-state index contributed by atoms with van der Waals surface area (Å²) in [5.41, 5.74) is 2.36. The monoisotopic (exact) mass is 411 g/mol. The molecule has 0 fully saturated rings. The summed E-state index contributed by atoms with van der Waals surface area (Å²) in [6.07, 6.45) is 0. The van der Waals surface area contributed by atoms with E-state index in [1.807, 2.05) is 34.6 Å². The number of nitrogens with one attached hydrogen (secondary N) is 2. The second-order valence-corrected chi connectivity index (χ2v) is 8.74. The SMILES string of the molecule is CC(C)c1nc(-c2ccc(F)cc2)c(-c2ccc([N+](=O)[O-])c(NCC(C)(C)C)n2)[nH]1. The van der Waals surface area contributed by atoms with E-state index in [0.717, 1.165) is 11.4 Å². The van der Waals surface area contributed by atoms with Gasteiger partial charge in [0.05, 0.1) is 22.0 Å². The molecule has 7 nitrogen and oxygen atoms in total. The average Bonchev–Trinajstić information content (AvgIpc) is 3.12. The molecule has 30 heavy (non-hydrogen) atoms. The van der Waals surface area contributed by atoms with Gasteiger partial charge in [-0.2, -0.15) is 0 Å². The zero-order valence-corrected chi connectivity index (χ0v) is 17.8. The van der Waals surface area contributed by atoms with Gasteiger partial charge in [-0.25, -0.2) is 14.4 Å². The number of benzene rings is 1. The fraction of sp³-hybridized carbons (Fsp3) is 0.364. The van der Waals surface area contributed by atoms with E-state index in [4.69, 9.17) is 0 Å². The van der Waals surface area contributed by atoms with E-state index in [2.05, 4.69) is 20.3 Å². The van der Waals surface area contributed by atoms with Gasteiger partial charge < -0.3 is 10.3 Å². The predicted molar refractivity (Wildman–Crippen MR) is 116 cm³/mol. The summed E-state index contributed by atoms with van der Waals surface area (Å²) >= 11 is 0. The average molecular weight is 411 g/mol. The number of H-pyrrole nitrogens is 1. The third-order valence-electron chi connectivity index (χ3n) is 4.50. The van der Waals surface area contributed by atoms with E-state index in [1.165, 1.54) is 18.2 Å². The van der Waals surface area contributed by atoms with E-state index >= 15 is 0 Å². The molecule has 0 amide bonds. The smallest absolute Gasteiger partial charge is 0.311 e. The van der Waals surface area contributed by atoms with Crippen molar-refractivity contribution >= 4 is 11.5 Å². The molecule has 0 saturated carbocycles. The van der Waals surface area contributed by atoms with Gasteiger partial charge >= 0.3 is 5.69 Å². The molecule has 0 aliphatic carbocycles. The van der Waals surface area contributed by atoms with Gasteiger partial charge in [0, 0.05) is 24.1 Å². The lowest BCUT2D eigenvalue weighted by atomic mass is 9.97. The third-order valence-corrected chi connectivity index (χ3v) is 4.50. The molecule has 3 rings (SSSR count). The van der Waals surface area contributed by atoms with Gasteiger partial charge in [-0.05, 0) is 35.7 Å². The summed E-state index contributed by atoms with van der Waals surface area (Å²) in [6.45, 7) is 10.6. The van der Waals surface area contributed by atoms with Crippen LogP contribution >= 0.6 is 0 Å². The fourth-order valence-electron chi connectivity index (χ4n) is 2.88. The van der Waals surface area contributed by atoms with Gasteiger partial charge in [-0.3, -0.25) is 10.1 Å². The Labute approximate surface area is 174 Å².